The molecular weight excluding hydrogens is 450 g/mol. The smallest absolute Gasteiger partial charge is 0.330 e. The Balaban J connectivity index is 1.72. The van der Waals surface area contributed by atoms with E-state index in [2.05, 4.69) is 37.9 Å². The lowest BCUT2D eigenvalue weighted by atomic mass is 9.77. The zero-order valence-electron chi connectivity index (χ0n) is 20.7. The molecule has 0 saturated heterocycles. The van der Waals surface area contributed by atoms with Crippen molar-refractivity contribution < 1.29 is 14.6 Å². The molecule has 1 atom stereocenters. The normalized spacial score (nSPS) is 17.0. The van der Waals surface area contributed by atoms with Crippen molar-refractivity contribution in [3.05, 3.63) is 52.8 Å². The van der Waals surface area contributed by atoms with E-state index in [4.69, 9.17) is 16.3 Å². The summed E-state index contributed by atoms with van der Waals surface area (Å²) in [5, 5.41) is 20.7. The summed E-state index contributed by atoms with van der Waals surface area (Å²) in [6.07, 6.45) is 12.7. The van der Waals surface area contributed by atoms with Crippen LogP contribution in [0.15, 0.2) is 47.8 Å². The van der Waals surface area contributed by atoms with Gasteiger partial charge in [-0.05, 0) is 48.1 Å². The highest BCUT2D eigenvalue weighted by Gasteiger charge is 2.30. The molecule has 0 spiro atoms. The van der Waals surface area contributed by atoms with Crippen LogP contribution in [0.25, 0.3) is 16.7 Å². The van der Waals surface area contributed by atoms with Gasteiger partial charge in [0.1, 0.15) is 22.5 Å². The van der Waals surface area contributed by atoms with Gasteiger partial charge in [0.05, 0.1) is 6.61 Å². The van der Waals surface area contributed by atoms with Gasteiger partial charge in [-0.2, -0.15) is 0 Å². The first-order chi connectivity index (χ1) is 16.2. The topological polar surface area (TPSA) is 77.2 Å². The van der Waals surface area contributed by atoms with Crippen LogP contribution in [-0.2, 0) is 9.53 Å². The van der Waals surface area contributed by atoms with E-state index in [0.717, 1.165) is 18.4 Å². The number of fused-ring (bicyclic) bond motifs is 1. The van der Waals surface area contributed by atoms with E-state index < -0.39 is 0 Å². The van der Waals surface area contributed by atoms with Crippen LogP contribution in [0.2, 0.25) is 5.02 Å². The molecule has 1 aromatic carbocycles. The number of hydrogen-bond acceptors (Lipinski definition) is 5. The fourth-order valence-corrected chi connectivity index (χ4v) is 4.24. The third-order valence-corrected chi connectivity index (χ3v) is 6.26. The van der Waals surface area contributed by atoms with Crippen molar-refractivity contribution in [3.8, 4) is 0 Å². The molecule has 7 heteroatoms. The van der Waals surface area contributed by atoms with E-state index in [9.17, 15) is 9.90 Å². The number of ether oxygens (including phenoxy) is 1. The Kier molecular flexibility index (Phi) is 8.95. The second-order valence-corrected chi connectivity index (χ2v) is 10.4. The lowest BCUT2D eigenvalue weighted by Crippen LogP contribution is -2.21. The molecule has 0 aliphatic heterocycles. The fourth-order valence-electron chi connectivity index (χ4n) is 4.07. The van der Waals surface area contributed by atoms with Crippen LogP contribution in [0.5, 0.6) is 0 Å². The maximum atomic E-state index is 12.2. The molecular formula is C27H36ClN3O3. The van der Waals surface area contributed by atoms with E-state index in [-0.39, 0.29) is 23.1 Å². The van der Waals surface area contributed by atoms with Crippen molar-refractivity contribution in [2.45, 2.75) is 72.6 Å². The molecule has 6 nitrogen and oxygen atoms in total. The van der Waals surface area contributed by atoms with Crippen molar-refractivity contribution in [1.29, 1.82) is 0 Å². The molecule has 184 valence electrons. The largest absolute Gasteiger partial charge is 0.506 e. The summed E-state index contributed by atoms with van der Waals surface area (Å²) in [5.41, 5.74) is 2.46. The number of halogens is 1. The van der Waals surface area contributed by atoms with Gasteiger partial charge in [0.15, 0.2) is 0 Å². The summed E-state index contributed by atoms with van der Waals surface area (Å²) in [6, 6.07) is 5.30. The molecule has 1 aliphatic rings. The summed E-state index contributed by atoms with van der Waals surface area (Å²) in [5.74, 6) is -0.259. The summed E-state index contributed by atoms with van der Waals surface area (Å²) < 4.78 is 5.37. The van der Waals surface area contributed by atoms with Crippen LogP contribution in [-0.4, -0.2) is 32.7 Å². The Hall–Kier alpha value is -2.60. The summed E-state index contributed by atoms with van der Waals surface area (Å²) in [4.78, 5) is 13.7. The van der Waals surface area contributed by atoms with Crippen molar-refractivity contribution in [2.24, 2.45) is 11.3 Å². The summed E-state index contributed by atoms with van der Waals surface area (Å²) >= 11 is 6.09. The van der Waals surface area contributed by atoms with Gasteiger partial charge < -0.3 is 9.84 Å². The van der Waals surface area contributed by atoms with E-state index in [1.165, 1.54) is 36.6 Å². The SMILES string of the molecule is CCCCCCCCOC(=O)C=CC1C=C(n2nc3ccc(Cl)cc3n2)C(O)=C(C(C)(C)C)C1. The molecule has 1 N–H and O–H groups in total. The maximum Gasteiger partial charge on any atom is 0.330 e. The number of unbranched alkanes of at least 4 members (excludes halogenated alkanes) is 5. The second kappa shape index (κ2) is 11.7. The molecule has 2 aromatic rings. The molecule has 1 aromatic heterocycles. The number of aliphatic hydroxyl groups is 1. The van der Waals surface area contributed by atoms with Gasteiger partial charge in [0, 0.05) is 17.0 Å². The van der Waals surface area contributed by atoms with E-state index >= 15 is 0 Å². The lowest BCUT2D eigenvalue weighted by Gasteiger charge is -2.30. The van der Waals surface area contributed by atoms with Crippen molar-refractivity contribution in [2.75, 3.05) is 6.61 Å². The molecule has 0 amide bonds. The fraction of sp³-hybridized carbons (Fsp3) is 0.519. The number of aromatic nitrogens is 3. The minimum atomic E-state index is -0.336. The van der Waals surface area contributed by atoms with E-state index in [1.54, 1.807) is 18.2 Å². The summed E-state index contributed by atoms with van der Waals surface area (Å²) in [7, 11) is 0. The quantitative estimate of drug-likeness (QED) is 0.217. The Morgan fingerprint density at radius 3 is 2.62 bits per heavy atom. The molecule has 1 unspecified atom stereocenters. The number of allylic oxidation sites excluding steroid dienone is 4. The van der Waals surface area contributed by atoms with Gasteiger partial charge in [0.25, 0.3) is 0 Å². The Bertz CT molecular complexity index is 1090. The van der Waals surface area contributed by atoms with Crippen LogP contribution in [0, 0.1) is 11.3 Å². The highest BCUT2D eigenvalue weighted by molar-refractivity contribution is 6.31. The minimum absolute atomic E-state index is 0.0978. The Labute approximate surface area is 207 Å². The van der Waals surface area contributed by atoms with Gasteiger partial charge in [0.2, 0.25) is 0 Å². The molecule has 0 saturated carbocycles. The van der Waals surface area contributed by atoms with Crippen LogP contribution < -0.4 is 0 Å². The first-order valence-electron chi connectivity index (χ1n) is 12.2. The Morgan fingerprint density at radius 1 is 1.18 bits per heavy atom. The molecule has 1 heterocycles. The Morgan fingerprint density at radius 2 is 1.88 bits per heavy atom. The molecule has 0 radical (unpaired) electrons. The molecule has 0 bridgehead atoms. The number of benzene rings is 1. The molecule has 34 heavy (non-hydrogen) atoms. The lowest BCUT2D eigenvalue weighted by molar-refractivity contribution is -0.137. The average Bonchev–Trinajstić information content (AvgIpc) is 3.19. The van der Waals surface area contributed by atoms with Crippen LogP contribution in [0.3, 0.4) is 0 Å². The predicted molar refractivity (Wildman–Crippen MR) is 138 cm³/mol. The van der Waals surface area contributed by atoms with Gasteiger partial charge in [-0.1, -0.05) is 77.5 Å². The van der Waals surface area contributed by atoms with E-state index in [1.807, 2.05) is 12.2 Å². The molecule has 1 aliphatic carbocycles. The summed E-state index contributed by atoms with van der Waals surface area (Å²) in [6.45, 7) is 8.82. The second-order valence-electron chi connectivity index (χ2n) is 9.91. The van der Waals surface area contributed by atoms with E-state index in [0.29, 0.717) is 34.8 Å². The number of hydrogen-bond donors (Lipinski definition) is 1. The van der Waals surface area contributed by atoms with Crippen molar-refractivity contribution in [3.63, 3.8) is 0 Å². The van der Waals surface area contributed by atoms with Crippen LogP contribution in [0.4, 0.5) is 0 Å². The highest BCUT2D eigenvalue weighted by atomic mass is 35.5. The molecule has 0 fully saturated rings. The first-order valence-corrected chi connectivity index (χ1v) is 12.6. The number of rotatable bonds is 10. The maximum absolute atomic E-state index is 12.2. The highest BCUT2D eigenvalue weighted by Crippen LogP contribution is 2.40. The van der Waals surface area contributed by atoms with Gasteiger partial charge >= 0.3 is 5.97 Å². The number of esters is 1. The van der Waals surface area contributed by atoms with Crippen LogP contribution in [0.1, 0.15) is 72.6 Å². The first kappa shape index (κ1) is 26.0. The minimum Gasteiger partial charge on any atom is -0.506 e. The van der Waals surface area contributed by atoms with Gasteiger partial charge in [-0.25, -0.2) is 4.79 Å². The third kappa shape index (κ3) is 6.95. The van der Waals surface area contributed by atoms with Gasteiger partial charge in [-0.15, -0.1) is 15.0 Å². The number of aliphatic hydroxyl groups excluding tert-OH is 1. The number of nitrogens with zero attached hydrogens (tertiary/aromatic N) is 3. The molecule has 3 rings (SSSR count). The number of carbonyl (C=O) groups excluding carboxylic acids is 1. The van der Waals surface area contributed by atoms with Crippen LogP contribution >= 0.6 is 11.6 Å². The average molecular weight is 486 g/mol. The number of carbonyl (C=O) groups is 1. The third-order valence-electron chi connectivity index (χ3n) is 6.03. The van der Waals surface area contributed by atoms with Crippen molar-refractivity contribution in [1.82, 2.24) is 15.0 Å². The van der Waals surface area contributed by atoms with Gasteiger partial charge in [-0.3, -0.25) is 0 Å². The predicted octanol–water partition coefficient (Wildman–Crippen LogP) is 7.26. The zero-order chi connectivity index (χ0) is 24.7. The van der Waals surface area contributed by atoms with Crippen molar-refractivity contribution >= 4 is 34.3 Å². The monoisotopic (exact) mass is 485 g/mol. The standard InChI is InChI=1S/C27H36ClN3O3/c1-5-6-7-8-9-10-15-34-25(32)14-11-19-16-21(27(2,3)4)26(33)24(17-19)31-29-22-13-12-20(28)18-23(22)30-31/h11-14,17-19,33H,5-10,15-16H2,1-4H3. The zero-order valence-corrected chi connectivity index (χ0v) is 21.4.